The molecule has 0 amide bonds. The molecule has 2 aromatic heterocycles. The zero-order chi connectivity index (χ0) is 12.1. The molecular formula is C12H16N4S. The highest BCUT2D eigenvalue weighted by atomic mass is 32.1. The fourth-order valence-corrected chi connectivity index (χ4v) is 2.35. The van der Waals surface area contributed by atoms with Crippen molar-refractivity contribution in [2.45, 2.75) is 26.3 Å². The molecule has 0 aliphatic heterocycles. The van der Waals surface area contributed by atoms with Crippen molar-refractivity contribution in [1.29, 1.82) is 0 Å². The van der Waals surface area contributed by atoms with E-state index >= 15 is 0 Å². The number of likely N-dealkylation sites (N-methyl/N-ethyl adjacent to an activating group) is 1. The van der Waals surface area contributed by atoms with Crippen LogP contribution < -0.4 is 5.32 Å². The summed E-state index contributed by atoms with van der Waals surface area (Å²) in [6.45, 7) is 5.03. The second-order valence-electron chi connectivity index (χ2n) is 3.80. The van der Waals surface area contributed by atoms with E-state index in [0.717, 1.165) is 29.4 Å². The van der Waals surface area contributed by atoms with Crippen LogP contribution in [0, 0.1) is 6.92 Å². The maximum atomic E-state index is 4.49. The van der Waals surface area contributed by atoms with Gasteiger partial charge in [-0.15, -0.1) is 11.3 Å². The van der Waals surface area contributed by atoms with Gasteiger partial charge in [0.05, 0.1) is 22.4 Å². The van der Waals surface area contributed by atoms with Crippen LogP contribution in [0.15, 0.2) is 24.0 Å². The average molecular weight is 248 g/mol. The Labute approximate surface area is 105 Å². The second kappa shape index (κ2) is 5.84. The third kappa shape index (κ3) is 3.31. The number of hydrogen-bond donors (Lipinski definition) is 1. The molecule has 2 aromatic rings. The van der Waals surface area contributed by atoms with Gasteiger partial charge in [-0.2, -0.15) is 0 Å². The van der Waals surface area contributed by atoms with Crippen LogP contribution in [0.5, 0.6) is 0 Å². The molecule has 17 heavy (non-hydrogen) atoms. The summed E-state index contributed by atoms with van der Waals surface area (Å²) in [6, 6.07) is 0.190. The fraction of sp³-hybridized carbons (Fsp3) is 0.417. The summed E-state index contributed by atoms with van der Waals surface area (Å²) in [4.78, 5) is 13.0. The first kappa shape index (κ1) is 12.1. The predicted octanol–water partition coefficient (Wildman–Crippen LogP) is 2.13. The smallest absolute Gasteiger partial charge is 0.0897 e. The van der Waals surface area contributed by atoms with Crippen molar-refractivity contribution in [2.75, 3.05) is 6.54 Å². The van der Waals surface area contributed by atoms with E-state index in [0.29, 0.717) is 0 Å². The van der Waals surface area contributed by atoms with Crippen molar-refractivity contribution in [2.24, 2.45) is 0 Å². The second-order valence-corrected chi connectivity index (χ2v) is 4.86. The molecule has 2 rings (SSSR count). The van der Waals surface area contributed by atoms with Gasteiger partial charge in [-0.25, -0.2) is 4.98 Å². The molecule has 1 atom stereocenters. The minimum atomic E-state index is 0.190. The van der Waals surface area contributed by atoms with E-state index in [1.165, 1.54) is 0 Å². The van der Waals surface area contributed by atoms with Gasteiger partial charge in [0.25, 0.3) is 0 Å². The van der Waals surface area contributed by atoms with Gasteiger partial charge >= 0.3 is 0 Å². The van der Waals surface area contributed by atoms with E-state index < -0.39 is 0 Å². The molecule has 4 nitrogen and oxygen atoms in total. The van der Waals surface area contributed by atoms with E-state index in [1.807, 2.05) is 13.1 Å². The molecule has 0 bridgehead atoms. The summed E-state index contributed by atoms with van der Waals surface area (Å²) in [5.74, 6) is 0. The molecule has 0 aliphatic rings. The Kier molecular flexibility index (Phi) is 4.17. The largest absolute Gasteiger partial charge is 0.309 e. The van der Waals surface area contributed by atoms with Gasteiger partial charge in [0.1, 0.15) is 0 Å². The van der Waals surface area contributed by atoms with Crippen LogP contribution in [0.4, 0.5) is 0 Å². The minimum absolute atomic E-state index is 0.190. The molecule has 0 aromatic carbocycles. The number of rotatable bonds is 5. The van der Waals surface area contributed by atoms with Crippen LogP contribution in [0.25, 0.3) is 0 Å². The summed E-state index contributed by atoms with van der Waals surface area (Å²) in [7, 11) is 0. The summed E-state index contributed by atoms with van der Waals surface area (Å²) >= 11 is 1.68. The molecule has 0 spiro atoms. The summed E-state index contributed by atoms with van der Waals surface area (Å²) < 4.78 is 0. The zero-order valence-corrected chi connectivity index (χ0v) is 10.9. The summed E-state index contributed by atoms with van der Waals surface area (Å²) in [5.41, 5.74) is 2.09. The lowest BCUT2D eigenvalue weighted by Crippen LogP contribution is -2.24. The maximum absolute atomic E-state index is 4.49. The Bertz CT molecular complexity index is 455. The molecule has 1 unspecified atom stereocenters. The Morgan fingerprint density at radius 2 is 2.29 bits per heavy atom. The molecule has 0 saturated carbocycles. The predicted molar refractivity (Wildman–Crippen MR) is 69.0 cm³/mol. The number of aromatic nitrogens is 3. The van der Waals surface area contributed by atoms with Gasteiger partial charge in [-0.3, -0.25) is 9.97 Å². The molecule has 0 saturated heterocycles. The molecule has 0 fully saturated rings. The van der Waals surface area contributed by atoms with E-state index in [4.69, 9.17) is 0 Å². The fourth-order valence-electron chi connectivity index (χ4n) is 1.73. The van der Waals surface area contributed by atoms with Gasteiger partial charge < -0.3 is 5.32 Å². The first-order chi connectivity index (χ1) is 8.29. The Morgan fingerprint density at radius 3 is 2.88 bits per heavy atom. The Balaban J connectivity index is 2.13. The summed E-state index contributed by atoms with van der Waals surface area (Å²) in [5, 5.41) is 6.63. The number of nitrogens with zero attached hydrogens (tertiary/aromatic N) is 3. The van der Waals surface area contributed by atoms with Crippen molar-refractivity contribution in [3.05, 3.63) is 40.4 Å². The Hall–Kier alpha value is -1.33. The zero-order valence-electron chi connectivity index (χ0n) is 10.1. The lowest BCUT2D eigenvalue weighted by atomic mass is 10.1. The minimum Gasteiger partial charge on any atom is -0.309 e. The van der Waals surface area contributed by atoms with E-state index in [-0.39, 0.29) is 6.04 Å². The lowest BCUT2D eigenvalue weighted by molar-refractivity contribution is 0.530. The van der Waals surface area contributed by atoms with Crippen molar-refractivity contribution in [3.63, 3.8) is 0 Å². The average Bonchev–Trinajstić information content (AvgIpc) is 2.75. The molecule has 90 valence electrons. The highest BCUT2D eigenvalue weighted by Crippen LogP contribution is 2.17. The van der Waals surface area contributed by atoms with Crippen LogP contribution in [0.2, 0.25) is 0 Å². The van der Waals surface area contributed by atoms with Crippen molar-refractivity contribution in [1.82, 2.24) is 20.3 Å². The van der Waals surface area contributed by atoms with Crippen LogP contribution >= 0.6 is 11.3 Å². The van der Waals surface area contributed by atoms with Crippen LogP contribution in [0.1, 0.15) is 29.4 Å². The van der Waals surface area contributed by atoms with E-state index in [2.05, 4.69) is 32.6 Å². The Morgan fingerprint density at radius 1 is 1.41 bits per heavy atom. The van der Waals surface area contributed by atoms with Crippen molar-refractivity contribution in [3.8, 4) is 0 Å². The van der Waals surface area contributed by atoms with Crippen molar-refractivity contribution < 1.29 is 0 Å². The van der Waals surface area contributed by atoms with E-state index in [9.17, 15) is 0 Å². The highest BCUT2D eigenvalue weighted by Gasteiger charge is 2.14. The van der Waals surface area contributed by atoms with Crippen LogP contribution in [-0.4, -0.2) is 21.5 Å². The van der Waals surface area contributed by atoms with Crippen LogP contribution in [-0.2, 0) is 6.42 Å². The first-order valence-corrected chi connectivity index (χ1v) is 6.58. The molecular weight excluding hydrogens is 232 g/mol. The molecule has 0 radical (unpaired) electrons. The first-order valence-electron chi connectivity index (χ1n) is 5.70. The molecule has 1 N–H and O–H groups in total. The topological polar surface area (TPSA) is 50.7 Å². The van der Waals surface area contributed by atoms with Crippen LogP contribution in [0.3, 0.4) is 0 Å². The third-order valence-corrected chi connectivity index (χ3v) is 3.29. The van der Waals surface area contributed by atoms with Gasteiger partial charge in [0, 0.05) is 30.4 Å². The van der Waals surface area contributed by atoms with Crippen molar-refractivity contribution >= 4 is 11.3 Å². The molecule has 5 heteroatoms. The summed E-state index contributed by atoms with van der Waals surface area (Å²) in [6.07, 6.45) is 6.09. The quantitative estimate of drug-likeness (QED) is 0.880. The number of aryl methyl sites for hydroxylation is 1. The third-order valence-electron chi connectivity index (χ3n) is 2.47. The maximum Gasteiger partial charge on any atom is 0.0897 e. The lowest BCUT2D eigenvalue weighted by Gasteiger charge is -2.15. The molecule has 2 heterocycles. The van der Waals surface area contributed by atoms with Gasteiger partial charge in [0.2, 0.25) is 0 Å². The number of thiazole rings is 1. The van der Waals surface area contributed by atoms with Gasteiger partial charge in [-0.05, 0) is 13.5 Å². The standard InChI is InChI=1S/C12H16N4S/c1-3-14-11(12-7-13-4-5-15-12)6-10-8-17-9(2)16-10/h4-5,7-8,11,14H,3,6H2,1-2H3. The monoisotopic (exact) mass is 248 g/mol. The number of hydrogen-bond acceptors (Lipinski definition) is 5. The SMILES string of the molecule is CCNC(Cc1csc(C)n1)c1cnccn1. The number of nitrogens with one attached hydrogen (secondary N) is 1. The highest BCUT2D eigenvalue weighted by molar-refractivity contribution is 7.09. The van der Waals surface area contributed by atoms with Gasteiger partial charge in [-0.1, -0.05) is 6.92 Å². The van der Waals surface area contributed by atoms with E-state index in [1.54, 1.807) is 23.7 Å². The molecule has 0 aliphatic carbocycles. The normalized spacial score (nSPS) is 12.6. The van der Waals surface area contributed by atoms with Gasteiger partial charge in [0.15, 0.2) is 0 Å².